The van der Waals surface area contributed by atoms with Crippen LogP contribution in [0, 0.1) is 0 Å². The van der Waals surface area contributed by atoms with E-state index in [0.717, 1.165) is 12.1 Å². The monoisotopic (exact) mass is 126 g/mol. The fourth-order valence-electron chi connectivity index (χ4n) is 2.06. The first-order valence-corrected chi connectivity index (χ1v) is 3.68. The van der Waals surface area contributed by atoms with Crippen LogP contribution in [-0.4, -0.2) is 49.1 Å². The van der Waals surface area contributed by atoms with E-state index in [-0.39, 0.29) is 0 Å². The number of hydrogen-bond acceptors (Lipinski definition) is 2. The summed E-state index contributed by atoms with van der Waals surface area (Å²) in [6, 6.07) is 1.75. The molecule has 2 fully saturated rings. The number of likely N-dealkylation sites (tertiary alicyclic amines) is 2. The van der Waals surface area contributed by atoms with Gasteiger partial charge in [-0.2, -0.15) is 0 Å². The minimum atomic E-state index is 0.875. The van der Waals surface area contributed by atoms with Gasteiger partial charge in [0.25, 0.3) is 0 Å². The molecule has 2 rings (SSSR count). The van der Waals surface area contributed by atoms with Gasteiger partial charge < -0.3 is 9.80 Å². The van der Waals surface area contributed by atoms with E-state index in [1.165, 1.54) is 19.5 Å². The second-order valence-corrected chi connectivity index (χ2v) is 3.42. The van der Waals surface area contributed by atoms with Crippen LogP contribution >= 0.6 is 0 Å². The zero-order chi connectivity index (χ0) is 6.43. The van der Waals surface area contributed by atoms with Crippen molar-refractivity contribution in [2.75, 3.05) is 27.2 Å². The quantitative estimate of drug-likeness (QED) is 0.451. The standard InChI is InChI=1S/C7H14N2/c1-8-4-7-3-6(8)5-9(7)2/h6-7H,3-5H2,1-2H3/t6-,7-/m1/s1. The van der Waals surface area contributed by atoms with Crippen molar-refractivity contribution in [3.8, 4) is 0 Å². The molecule has 2 nitrogen and oxygen atoms in total. The van der Waals surface area contributed by atoms with Crippen LogP contribution in [0.25, 0.3) is 0 Å². The van der Waals surface area contributed by atoms with Gasteiger partial charge in [-0.1, -0.05) is 0 Å². The third-order valence-corrected chi connectivity index (χ3v) is 2.79. The van der Waals surface area contributed by atoms with Gasteiger partial charge in [0.05, 0.1) is 0 Å². The number of nitrogens with zero attached hydrogens (tertiary/aromatic N) is 2. The van der Waals surface area contributed by atoms with Crippen LogP contribution in [-0.2, 0) is 0 Å². The molecule has 0 saturated carbocycles. The second-order valence-electron chi connectivity index (χ2n) is 3.42. The third-order valence-electron chi connectivity index (χ3n) is 2.79. The van der Waals surface area contributed by atoms with E-state index >= 15 is 0 Å². The summed E-state index contributed by atoms with van der Waals surface area (Å²) in [6.07, 6.45) is 1.41. The summed E-state index contributed by atoms with van der Waals surface area (Å²) in [5.41, 5.74) is 0. The first-order valence-electron chi connectivity index (χ1n) is 3.68. The molecular weight excluding hydrogens is 112 g/mol. The first kappa shape index (κ1) is 5.69. The highest BCUT2D eigenvalue weighted by Crippen LogP contribution is 2.27. The van der Waals surface area contributed by atoms with E-state index in [9.17, 15) is 0 Å². The van der Waals surface area contributed by atoms with Crippen molar-refractivity contribution in [2.45, 2.75) is 18.5 Å². The number of fused-ring (bicyclic) bond motifs is 2. The normalized spacial score (nSPS) is 44.7. The SMILES string of the molecule is CN1C[C@H]2C[C@@H]1CN2C. The number of piperazine rings is 1. The van der Waals surface area contributed by atoms with E-state index in [1.807, 2.05) is 0 Å². The maximum Gasteiger partial charge on any atom is 0.0236 e. The van der Waals surface area contributed by atoms with Crippen LogP contribution < -0.4 is 0 Å². The van der Waals surface area contributed by atoms with E-state index in [4.69, 9.17) is 0 Å². The largest absolute Gasteiger partial charge is 0.301 e. The Kier molecular flexibility index (Phi) is 1.08. The zero-order valence-electron chi connectivity index (χ0n) is 6.17. The van der Waals surface area contributed by atoms with Gasteiger partial charge in [0.15, 0.2) is 0 Å². The van der Waals surface area contributed by atoms with Crippen LogP contribution in [0.5, 0.6) is 0 Å². The molecule has 52 valence electrons. The van der Waals surface area contributed by atoms with Gasteiger partial charge in [-0.15, -0.1) is 0 Å². The summed E-state index contributed by atoms with van der Waals surface area (Å²) < 4.78 is 0. The molecule has 2 atom stereocenters. The van der Waals surface area contributed by atoms with Crippen molar-refractivity contribution in [2.24, 2.45) is 0 Å². The molecule has 9 heavy (non-hydrogen) atoms. The van der Waals surface area contributed by atoms with Gasteiger partial charge in [-0.25, -0.2) is 0 Å². The van der Waals surface area contributed by atoms with Gasteiger partial charge in [-0.3, -0.25) is 0 Å². The lowest BCUT2D eigenvalue weighted by Gasteiger charge is -2.28. The van der Waals surface area contributed by atoms with Crippen LogP contribution in [0.4, 0.5) is 0 Å². The lowest BCUT2D eigenvalue weighted by atomic mass is 10.2. The maximum absolute atomic E-state index is 2.48. The van der Waals surface area contributed by atoms with Crippen molar-refractivity contribution in [1.29, 1.82) is 0 Å². The summed E-state index contributed by atoms with van der Waals surface area (Å²) in [6.45, 7) is 2.59. The molecule has 0 spiro atoms. The summed E-state index contributed by atoms with van der Waals surface area (Å²) >= 11 is 0. The number of hydrogen-bond donors (Lipinski definition) is 0. The van der Waals surface area contributed by atoms with E-state index < -0.39 is 0 Å². The van der Waals surface area contributed by atoms with Gasteiger partial charge in [-0.05, 0) is 20.5 Å². The van der Waals surface area contributed by atoms with Crippen molar-refractivity contribution >= 4 is 0 Å². The molecule has 0 N–H and O–H groups in total. The highest BCUT2D eigenvalue weighted by molar-refractivity contribution is 4.96. The molecule has 2 aliphatic rings. The molecule has 0 aromatic carbocycles. The molecule has 0 radical (unpaired) electrons. The van der Waals surface area contributed by atoms with Gasteiger partial charge in [0.2, 0.25) is 0 Å². The van der Waals surface area contributed by atoms with Crippen LogP contribution in [0.3, 0.4) is 0 Å². The van der Waals surface area contributed by atoms with Crippen molar-refractivity contribution in [3.63, 3.8) is 0 Å². The molecule has 2 heterocycles. The average Bonchev–Trinajstić information content (AvgIpc) is 2.24. The topological polar surface area (TPSA) is 6.48 Å². The third kappa shape index (κ3) is 0.700. The van der Waals surface area contributed by atoms with Crippen molar-refractivity contribution < 1.29 is 0 Å². The maximum atomic E-state index is 2.48. The minimum Gasteiger partial charge on any atom is -0.301 e. The second kappa shape index (κ2) is 1.70. The lowest BCUT2D eigenvalue weighted by Crippen LogP contribution is -2.42. The van der Waals surface area contributed by atoms with Gasteiger partial charge >= 0.3 is 0 Å². The molecular formula is C7H14N2. The Morgan fingerprint density at radius 2 is 1.44 bits per heavy atom. The van der Waals surface area contributed by atoms with Crippen LogP contribution in [0.15, 0.2) is 0 Å². The predicted molar refractivity (Wildman–Crippen MR) is 37.5 cm³/mol. The molecule has 2 saturated heterocycles. The average molecular weight is 126 g/mol. The fraction of sp³-hybridized carbons (Fsp3) is 1.00. The molecule has 2 bridgehead atoms. The highest BCUT2D eigenvalue weighted by Gasteiger charge is 2.38. The number of rotatable bonds is 0. The summed E-state index contributed by atoms with van der Waals surface area (Å²) in [7, 11) is 4.47. The Morgan fingerprint density at radius 3 is 1.67 bits per heavy atom. The molecule has 0 amide bonds. The zero-order valence-corrected chi connectivity index (χ0v) is 6.17. The molecule has 2 heteroatoms. The fourth-order valence-corrected chi connectivity index (χ4v) is 2.06. The first-order chi connectivity index (χ1) is 4.27. The molecule has 0 aromatic heterocycles. The highest BCUT2D eigenvalue weighted by atomic mass is 15.3. The Bertz CT molecular complexity index is 106. The minimum absolute atomic E-state index is 0.875. The van der Waals surface area contributed by atoms with Crippen LogP contribution in [0.2, 0.25) is 0 Å². The lowest BCUT2D eigenvalue weighted by molar-refractivity contribution is 0.176. The Morgan fingerprint density at radius 1 is 1.00 bits per heavy atom. The van der Waals surface area contributed by atoms with Crippen molar-refractivity contribution in [3.05, 3.63) is 0 Å². The predicted octanol–water partition coefficient (Wildman–Crippen LogP) is 0.00450. The summed E-state index contributed by atoms with van der Waals surface area (Å²) in [5, 5.41) is 0. The Labute approximate surface area is 56.4 Å². The van der Waals surface area contributed by atoms with Gasteiger partial charge in [0.1, 0.15) is 0 Å². The molecule has 0 aliphatic carbocycles. The molecule has 0 aromatic rings. The Balaban J connectivity index is 2.10. The summed E-state index contributed by atoms with van der Waals surface area (Å²) in [4.78, 5) is 4.95. The smallest absolute Gasteiger partial charge is 0.0236 e. The van der Waals surface area contributed by atoms with E-state index in [0.29, 0.717) is 0 Å². The van der Waals surface area contributed by atoms with Crippen LogP contribution in [0.1, 0.15) is 6.42 Å². The van der Waals surface area contributed by atoms with Gasteiger partial charge in [0, 0.05) is 25.2 Å². The molecule has 0 unspecified atom stereocenters. The Hall–Kier alpha value is -0.0800. The van der Waals surface area contributed by atoms with Crippen molar-refractivity contribution in [1.82, 2.24) is 9.80 Å². The summed E-state index contributed by atoms with van der Waals surface area (Å²) in [5.74, 6) is 0. The van der Waals surface area contributed by atoms with E-state index in [1.54, 1.807) is 0 Å². The van der Waals surface area contributed by atoms with E-state index in [2.05, 4.69) is 23.9 Å². The molecule has 2 aliphatic heterocycles. The number of likely N-dealkylation sites (N-methyl/N-ethyl adjacent to an activating group) is 2.